The predicted molar refractivity (Wildman–Crippen MR) is 124 cm³/mol. The summed E-state index contributed by atoms with van der Waals surface area (Å²) in [6.45, 7) is 11.7. The Balaban J connectivity index is 1.35. The maximum Gasteiger partial charge on any atom is 0.239 e. The fourth-order valence-electron chi connectivity index (χ4n) is 4.06. The number of hydrogen-bond donors (Lipinski definition) is 3. The third-order valence-electron chi connectivity index (χ3n) is 5.75. The summed E-state index contributed by atoms with van der Waals surface area (Å²) in [5.41, 5.74) is 5.79. The van der Waals surface area contributed by atoms with Gasteiger partial charge < -0.3 is 16.0 Å². The van der Waals surface area contributed by atoms with Crippen LogP contribution in [0.4, 0.5) is 5.82 Å². The highest BCUT2D eigenvalue weighted by molar-refractivity contribution is 5.91. The van der Waals surface area contributed by atoms with Crippen LogP contribution in [0.5, 0.6) is 0 Å². The predicted octanol–water partition coefficient (Wildman–Crippen LogP) is 4.35. The summed E-state index contributed by atoms with van der Waals surface area (Å²) in [5.74, 6) is 1.21. The maximum absolute atomic E-state index is 12.1. The van der Waals surface area contributed by atoms with Crippen molar-refractivity contribution in [2.24, 2.45) is 5.92 Å². The van der Waals surface area contributed by atoms with E-state index in [0.717, 1.165) is 43.5 Å². The van der Waals surface area contributed by atoms with Gasteiger partial charge in [0.1, 0.15) is 5.82 Å². The second-order valence-corrected chi connectivity index (χ2v) is 8.60. The van der Waals surface area contributed by atoms with Crippen molar-refractivity contribution < 1.29 is 4.79 Å². The highest BCUT2D eigenvalue weighted by Crippen LogP contribution is 2.24. The molecule has 1 aromatic carbocycles. The van der Waals surface area contributed by atoms with Gasteiger partial charge in [0.2, 0.25) is 5.91 Å². The quantitative estimate of drug-likeness (QED) is 0.610. The van der Waals surface area contributed by atoms with Crippen LogP contribution in [0.3, 0.4) is 0 Å². The Labute approximate surface area is 180 Å². The molecule has 1 aliphatic rings. The smallest absolute Gasteiger partial charge is 0.239 e. The van der Waals surface area contributed by atoms with E-state index in [4.69, 9.17) is 0 Å². The van der Waals surface area contributed by atoms with Gasteiger partial charge in [0, 0.05) is 24.5 Å². The van der Waals surface area contributed by atoms with Gasteiger partial charge in [0.15, 0.2) is 0 Å². The summed E-state index contributed by atoms with van der Waals surface area (Å²) in [6.07, 6.45) is 6.27. The van der Waals surface area contributed by atoms with Crippen LogP contribution in [0.25, 0.3) is 5.70 Å². The van der Waals surface area contributed by atoms with Gasteiger partial charge in [0.05, 0.1) is 6.54 Å². The molecule has 5 nitrogen and oxygen atoms in total. The molecule has 0 unspecified atom stereocenters. The number of hydrogen-bond acceptors (Lipinski definition) is 4. The van der Waals surface area contributed by atoms with E-state index in [9.17, 15) is 4.79 Å². The molecule has 5 heteroatoms. The highest BCUT2D eigenvalue weighted by Gasteiger charge is 2.21. The molecule has 1 fully saturated rings. The number of aromatic nitrogens is 1. The molecule has 30 heavy (non-hydrogen) atoms. The lowest BCUT2D eigenvalue weighted by molar-refractivity contribution is -0.115. The number of pyridine rings is 1. The summed E-state index contributed by atoms with van der Waals surface area (Å²) < 4.78 is 0. The zero-order valence-electron chi connectivity index (χ0n) is 18.4. The molecule has 0 aliphatic heterocycles. The summed E-state index contributed by atoms with van der Waals surface area (Å²) in [6, 6.07) is 10.7. The van der Waals surface area contributed by atoms with E-state index in [1.165, 1.54) is 16.7 Å². The maximum atomic E-state index is 12.1. The average molecular weight is 407 g/mol. The van der Waals surface area contributed by atoms with E-state index >= 15 is 0 Å². The molecule has 1 aromatic heterocycles. The van der Waals surface area contributed by atoms with E-state index in [1.807, 2.05) is 19.1 Å². The number of carbonyl (C=O) groups excluding carboxylic acids is 1. The number of amides is 1. The van der Waals surface area contributed by atoms with Crippen molar-refractivity contribution in [3.63, 3.8) is 0 Å². The SMILES string of the molecule is C=C(NCC1CCC(NCC(=O)Nc2ccc(C)cn2)CC1)c1cc(C)cc(C)c1. The molecule has 1 saturated carbocycles. The number of benzene rings is 1. The van der Waals surface area contributed by atoms with Crippen molar-refractivity contribution in [3.8, 4) is 0 Å². The molecule has 2 aromatic rings. The molecule has 160 valence electrons. The zero-order valence-corrected chi connectivity index (χ0v) is 18.4. The van der Waals surface area contributed by atoms with Gasteiger partial charge in [0.25, 0.3) is 0 Å². The van der Waals surface area contributed by atoms with Gasteiger partial charge >= 0.3 is 0 Å². The Bertz CT molecular complexity index is 847. The van der Waals surface area contributed by atoms with Crippen LogP contribution >= 0.6 is 0 Å². The molecule has 0 saturated heterocycles. The second kappa shape index (κ2) is 10.4. The largest absolute Gasteiger partial charge is 0.385 e. The monoisotopic (exact) mass is 406 g/mol. The third kappa shape index (κ3) is 6.70. The number of anilines is 1. The van der Waals surface area contributed by atoms with Crippen LogP contribution in [0.1, 0.15) is 47.9 Å². The number of rotatable bonds is 8. The first-order valence-electron chi connectivity index (χ1n) is 10.9. The molecule has 0 radical (unpaired) electrons. The first kappa shape index (κ1) is 22.0. The van der Waals surface area contributed by atoms with Gasteiger partial charge in [-0.05, 0) is 81.7 Å². The van der Waals surface area contributed by atoms with Crippen LogP contribution in [0.15, 0.2) is 43.1 Å². The average Bonchev–Trinajstić information content (AvgIpc) is 2.72. The molecule has 1 aliphatic carbocycles. The Morgan fingerprint density at radius 2 is 1.73 bits per heavy atom. The summed E-state index contributed by atoms with van der Waals surface area (Å²) in [5, 5.41) is 9.77. The van der Waals surface area contributed by atoms with Gasteiger partial charge in [-0.1, -0.05) is 29.8 Å². The van der Waals surface area contributed by atoms with Gasteiger partial charge in [-0.25, -0.2) is 4.98 Å². The van der Waals surface area contributed by atoms with E-state index in [0.29, 0.717) is 24.3 Å². The second-order valence-electron chi connectivity index (χ2n) is 8.60. The number of nitrogens with zero attached hydrogens (tertiary/aromatic N) is 1. The number of aryl methyl sites for hydroxylation is 3. The lowest BCUT2D eigenvalue weighted by Gasteiger charge is -2.29. The molecule has 3 N–H and O–H groups in total. The van der Waals surface area contributed by atoms with E-state index in [2.05, 4.69) is 59.6 Å². The lowest BCUT2D eigenvalue weighted by Crippen LogP contribution is -2.39. The van der Waals surface area contributed by atoms with Gasteiger partial charge in [-0.15, -0.1) is 0 Å². The Hall–Kier alpha value is -2.66. The molecule has 3 rings (SSSR count). The lowest BCUT2D eigenvalue weighted by atomic mass is 9.86. The van der Waals surface area contributed by atoms with Crippen LogP contribution in [-0.2, 0) is 4.79 Å². The minimum Gasteiger partial charge on any atom is -0.385 e. The van der Waals surface area contributed by atoms with Crippen LogP contribution in [0.2, 0.25) is 0 Å². The Morgan fingerprint density at radius 3 is 2.37 bits per heavy atom. The van der Waals surface area contributed by atoms with Crippen molar-refractivity contribution in [2.45, 2.75) is 52.5 Å². The molecule has 1 amide bonds. The molecule has 1 heterocycles. The van der Waals surface area contributed by atoms with Crippen molar-refractivity contribution in [1.82, 2.24) is 15.6 Å². The normalized spacial score (nSPS) is 18.6. The third-order valence-corrected chi connectivity index (χ3v) is 5.75. The van der Waals surface area contributed by atoms with Crippen LogP contribution < -0.4 is 16.0 Å². The van der Waals surface area contributed by atoms with E-state index in [1.54, 1.807) is 6.20 Å². The number of carbonyl (C=O) groups is 1. The topological polar surface area (TPSA) is 66.0 Å². The van der Waals surface area contributed by atoms with Crippen molar-refractivity contribution in [3.05, 3.63) is 65.4 Å². The molecule has 0 spiro atoms. The van der Waals surface area contributed by atoms with Crippen LogP contribution in [0, 0.1) is 26.7 Å². The summed E-state index contributed by atoms with van der Waals surface area (Å²) in [7, 11) is 0. The molecule has 0 bridgehead atoms. The minimum absolute atomic E-state index is 0.0418. The van der Waals surface area contributed by atoms with Crippen molar-refractivity contribution in [2.75, 3.05) is 18.4 Å². The minimum atomic E-state index is -0.0418. The zero-order chi connectivity index (χ0) is 21.5. The standard InChI is InChI=1S/C25H34N4O/c1-17-5-10-24(28-14-17)29-25(30)16-27-23-8-6-21(7-9-23)15-26-20(4)22-12-18(2)11-19(3)13-22/h5,10-14,21,23,26-27H,4,6-9,15-16H2,1-3H3,(H,28,29,30). The first-order chi connectivity index (χ1) is 14.4. The van der Waals surface area contributed by atoms with Gasteiger partial charge in [-0.3, -0.25) is 4.79 Å². The molecular weight excluding hydrogens is 372 g/mol. The fraction of sp³-hybridized carbons (Fsp3) is 0.440. The first-order valence-corrected chi connectivity index (χ1v) is 10.9. The Morgan fingerprint density at radius 1 is 1.03 bits per heavy atom. The van der Waals surface area contributed by atoms with Gasteiger partial charge in [-0.2, -0.15) is 0 Å². The number of nitrogens with one attached hydrogen (secondary N) is 3. The van der Waals surface area contributed by atoms with E-state index in [-0.39, 0.29) is 5.91 Å². The highest BCUT2D eigenvalue weighted by atomic mass is 16.2. The summed E-state index contributed by atoms with van der Waals surface area (Å²) >= 11 is 0. The Kier molecular flexibility index (Phi) is 7.63. The fourth-order valence-corrected chi connectivity index (χ4v) is 4.06. The molecular formula is C25H34N4O. The van der Waals surface area contributed by atoms with Crippen LogP contribution in [-0.4, -0.2) is 30.0 Å². The van der Waals surface area contributed by atoms with E-state index < -0.39 is 0 Å². The summed E-state index contributed by atoms with van der Waals surface area (Å²) in [4.78, 5) is 16.3. The van der Waals surface area contributed by atoms with Crippen molar-refractivity contribution in [1.29, 1.82) is 0 Å². The molecule has 0 atom stereocenters. The van der Waals surface area contributed by atoms with Crippen molar-refractivity contribution >= 4 is 17.4 Å².